The second kappa shape index (κ2) is 9.19. The fourth-order valence-electron chi connectivity index (χ4n) is 1.93. The first-order valence-corrected chi connectivity index (χ1v) is 7.78. The van der Waals surface area contributed by atoms with Gasteiger partial charge in [-0.05, 0) is 36.5 Å². The maximum Gasteiger partial charge on any atom is 0.269 e. The van der Waals surface area contributed by atoms with Crippen molar-refractivity contribution < 1.29 is 14.3 Å². The zero-order chi connectivity index (χ0) is 18.1. The van der Waals surface area contributed by atoms with Crippen molar-refractivity contribution in [3.8, 4) is 5.75 Å². The van der Waals surface area contributed by atoms with Gasteiger partial charge in [-0.2, -0.15) is 0 Å². The lowest BCUT2D eigenvalue weighted by atomic mass is 10.2. The summed E-state index contributed by atoms with van der Waals surface area (Å²) in [6, 6.07) is 15.9. The lowest BCUT2D eigenvalue weighted by Crippen LogP contribution is -2.48. The van der Waals surface area contributed by atoms with Crippen molar-refractivity contribution in [2.75, 3.05) is 7.11 Å². The number of hydrogen-bond acceptors (Lipinski definition) is 4. The third kappa shape index (κ3) is 5.74. The first-order chi connectivity index (χ1) is 12.1. The summed E-state index contributed by atoms with van der Waals surface area (Å²) < 4.78 is 5.20. The second-order valence-corrected chi connectivity index (χ2v) is 5.25. The molecule has 0 aliphatic carbocycles. The largest absolute Gasteiger partial charge is 0.496 e. The molecule has 2 aromatic carbocycles. The second-order valence-electron chi connectivity index (χ2n) is 4.84. The summed E-state index contributed by atoms with van der Waals surface area (Å²) in [5.74, 6) is -0.137. The highest BCUT2D eigenvalue weighted by molar-refractivity contribution is 7.80. The number of amides is 2. The fraction of sp³-hybridized carbons (Fsp3) is 0.0556. The Morgan fingerprint density at radius 3 is 2.40 bits per heavy atom. The number of thiocarbonyl (C=S) groups is 1. The number of benzene rings is 2. The summed E-state index contributed by atoms with van der Waals surface area (Å²) >= 11 is 4.96. The molecule has 25 heavy (non-hydrogen) atoms. The van der Waals surface area contributed by atoms with Crippen LogP contribution in [0.25, 0.3) is 6.08 Å². The Morgan fingerprint density at radius 2 is 1.68 bits per heavy atom. The standard InChI is InChI=1S/C18H17N3O3S/c1-24-15-10-6-5-7-13(15)11-12-16(22)19-18(25)21-20-17(23)14-8-3-2-4-9-14/h2-12H,1H3,(H,20,23)(H2,19,21,22,25). The van der Waals surface area contributed by atoms with Crippen molar-refractivity contribution in [3.63, 3.8) is 0 Å². The van der Waals surface area contributed by atoms with E-state index in [1.807, 2.05) is 24.3 Å². The van der Waals surface area contributed by atoms with E-state index in [0.29, 0.717) is 11.3 Å². The molecular formula is C18H17N3O3S. The van der Waals surface area contributed by atoms with Crippen molar-refractivity contribution in [3.05, 3.63) is 71.8 Å². The van der Waals surface area contributed by atoms with E-state index in [1.165, 1.54) is 6.08 Å². The summed E-state index contributed by atoms with van der Waals surface area (Å²) in [5.41, 5.74) is 6.11. The Hall–Kier alpha value is -3.19. The maximum absolute atomic E-state index is 11.9. The molecule has 0 aliphatic heterocycles. The SMILES string of the molecule is COc1ccccc1C=CC(=O)NC(=S)NNC(=O)c1ccccc1. The predicted octanol–water partition coefficient (Wildman–Crippen LogP) is 2.04. The van der Waals surface area contributed by atoms with E-state index in [9.17, 15) is 9.59 Å². The Morgan fingerprint density at radius 1 is 1.00 bits per heavy atom. The molecule has 128 valence electrons. The van der Waals surface area contributed by atoms with E-state index >= 15 is 0 Å². The third-order valence-corrected chi connectivity index (χ3v) is 3.32. The van der Waals surface area contributed by atoms with E-state index in [0.717, 1.165) is 5.56 Å². The van der Waals surface area contributed by atoms with Gasteiger partial charge >= 0.3 is 0 Å². The Labute approximate surface area is 150 Å². The van der Waals surface area contributed by atoms with Crippen LogP contribution in [0.15, 0.2) is 60.7 Å². The molecule has 0 unspecified atom stereocenters. The average molecular weight is 355 g/mol. The highest BCUT2D eigenvalue weighted by Gasteiger charge is 2.06. The number of carbonyl (C=O) groups excluding carboxylic acids is 2. The molecular weight excluding hydrogens is 338 g/mol. The molecule has 0 heterocycles. The first kappa shape index (κ1) is 18.2. The van der Waals surface area contributed by atoms with Crippen LogP contribution in [0, 0.1) is 0 Å². The topological polar surface area (TPSA) is 79.5 Å². The Bertz CT molecular complexity index is 791. The van der Waals surface area contributed by atoms with Gasteiger partial charge in [-0.25, -0.2) is 0 Å². The van der Waals surface area contributed by atoms with Gasteiger partial charge in [0.05, 0.1) is 7.11 Å². The van der Waals surface area contributed by atoms with E-state index in [-0.39, 0.29) is 11.0 Å². The minimum absolute atomic E-state index is 0.0149. The van der Waals surface area contributed by atoms with Gasteiger partial charge in [-0.15, -0.1) is 0 Å². The molecule has 0 radical (unpaired) electrons. The molecule has 2 aromatic rings. The van der Waals surface area contributed by atoms with E-state index in [4.69, 9.17) is 17.0 Å². The molecule has 0 atom stereocenters. The quantitative estimate of drug-likeness (QED) is 0.444. The lowest BCUT2D eigenvalue weighted by molar-refractivity contribution is -0.115. The zero-order valence-corrected chi connectivity index (χ0v) is 14.3. The van der Waals surface area contributed by atoms with Crippen LogP contribution in [-0.4, -0.2) is 24.0 Å². The normalized spacial score (nSPS) is 10.1. The van der Waals surface area contributed by atoms with Crippen LogP contribution < -0.4 is 20.9 Å². The third-order valence-electron chi connectivity index (χ3n) is 3.12. The van der Waals surface area contributed by atoms with Crippen molar-refractivity contribution in [1.29, 1.82) is 0 Å². The molecule has 6 nitrogen and oxygen atoms in total. The van der Waals surface area contributed by atoms with Gasteiger partial charge in [0, 0.05) is 17.2 Å². The zero-order valence-electron chi connectivity index (χ0n) is 13.5. The molecule has 0 spiro atoms. The van der Waals surface area contributed by atoms with Gasteiger partial charge in [-0.3, -0.25) is 25.8 Å². The summed E-state index contributed by atoms with van der Waals surface area (Å²) in [4.78, 5) is 23.7. The van der Waals surface area contributed by atoms with Crippen LogP contribution in [0.5, 0.6) is 5.75 Å². The van der Waals surface area contributed by atoms with E-state index in [1.54, 1.807) is 43.5 Å². The molecule has 3 N–H and O–H groups in total. The van der Waals surface area contributed by atoms with Gasteiger partial charge in [0.25, 0.3) is 5.91 Å². The van der Waals surface area contributed by atoms with Crippen LogP contribution >= 0.6 is 12.2 Å². The van der Waals surface area contributed by atoms with Gasteiger partial charge in [-0.1, -0.05) is 36.4 Å². The van der Waals surface area contributed by atoms with E-state index in [2.05, 4.69) is 16.2 Å². The van der Waals surface area contributed by atoms with Gasteiger partial charge < -0.3 is 4.74 Å². The number of rotatable bonds is 4. The summed E-state index contributed by atoms with van der Waals surface area (Å²) in [5, 5.41) is 2.42. The fourth-order valence-corrected chi connectivity index (χ4v) is 2.08. The molecule has 2 amide bonds. The van der Waals surface area contributed by atoms with Gasteiger partial charge in [0.2, 0.25) is 5.91 Å². The minimum atomic E-state index is -0.433. The number of methoxy groups -OCH3 is 1. The molecule has 0 aliphatic rings. The monoisotopic (exact) mass is 355 g/mol. The summed E-state index contributed by atoms with van der Waals surface area (Å²) in [6.45, 7) is 0. The average Bonchev–Trinajstić information content (AvgIpc) is 2.65. The van der Waals surface area contributed by atoms with Crippen LogP contribution in [0.3, 0.4) is 0 Å². The van der Waals surface area contributed by atoms with Gasteiger partial charge in [0.1, 0.15) is 5.75 Å². The number of ether oxygens (including phenoxy) is 1. The Kier molecular flexibility index (Phi) is 6.67. The number of para-hydroxylation sites is 1. The van der Waals surface area contributed by atoms with Crippen molar-refractivity contribution in [1.82, 2.24) is 16.2 Å². The molecule has 0 fully saturated rings. The van der Waals surface area contributed by atoms with Crippen LogP contribution in [-0.2, 0) is 4.79 Å². The Balaban J connectivity index is 1.83. The number of hydrogen-bond donors (Lipinski definition) is 3. The number of carbonyl (C=O) groups is 2. The van der Waals surface area contributed by atoms with Crippen LogP contribution in [0.2, 0.25) is 0 Å². The minimum Gasteiger partial charge on any atom is -0.496 e. The molecule has 0 aromatic heterocycles. The molecule has 0 bridgehead atoms. The smallest absolute Gasteiger partial charge is 0.269 e. The van der Waals surface area contributed by atoms with Crippen molar-refractivity contribution >= 4 is 35.2 Å². The molecule has 0 saturated heterocycles. The summed E-state index contributed by atoms with van der Waals surface area (Å²) in [6.07, 6.45) is 2.93. The van der Waals surface area contributed by atoms with Gasteiger partial charge in [0.15, 0.2) is 5.11 Å². The van der Waals surface area contributed by atoms with E-state index < -0.39 is 5.91 Å². The first-order valence-electron chi connectivity index (χ1n) is 7.37. The summed E-state index contributed by atoms with van der Waals surface area (Å²) in [7, 11) is 1.56. The van der Waals surface area contributed by atoms with Crippen LogP contribution in [0.4, 0.5) is 0 Å². The highest BCUT2D eigenvalue weighted by Crippen LogP contribution is 2.18. The highest BCUT2D eigenvalue weighted by atomic mass is 32.1. The predicted molar refractivity (Wildman–Crippen MR) is 99.8 cm³/mol. The van der Waals surface area contributed by atoms with Crippen molar-refractivity contribution in [2.45, 2.75) is 0 Å². The molecule has 7 heteroatoms. The number of nitrogens with one attached hydrogen (secondary N) is 3. The molecule has 0 saturated carbocycles. The maximum atomic E-state index is 11.9. The lowest BCUT2D eigenvalue weighted by Gasteiger charge is -2.09. The number of hydrazine groups is 1. The molecule has 2 rings (SSSR count). The van der Waals surface area contributed by atoms with Crippen LogP contribution in [0.1, 0.15) is 15.9 Å². The van der Waals surface area contributed by atoms with Crippen molar-refractivity contribution in [2.24, 2.45) is 0 Å².